The van der Waals surface area contributed by atoms with E-state index in [0.717, 1.165) is 29.8 Å². The Labute approximate surface area is 197 Å². The van der Waals surface area contributed by atoms with Gasteiger partial charge in [0, 0.05) is 29.8 Å². The van der Waals surface area contributed by atoms with E-state index in [1.165, 1.54) is 5.56 Å². The average Bonchev–Trinajstić information content (AvgIpc) is 3.59. The summed E-state index contributed by atoms with van der Waals surface area (Å²) in [4.78, 5) is 29.8. The van der Waals surface area contributed by atoms with Gasteiger partial charge in [-0.1, -0.05) is 48.5 Å². The van der Waals surface area contributed by atoms with Crippen LogP contribution < -0.4 is 20.0 Å². The molecule has 1 fully saturated rings. The van der Waals surface area contributed by atoms with Crippen LogP contribution in [0.15, 0.2) is 72.8 Å². The van der Waals surface area contributed by atoms with E-state index in [0.29, 0.717) is 25.4 Å². The van der Waals surface area contributed by atoms with Crippen LogP contribution in [-0.4, -0.2) is 36.2 Å². The number of fused-ring (bicyclic) bond motifs is 3. The third-order valence-corrected chi connectivity index (χ3v) is 7.16. The standard InChI is InChI=1S/C27H25N3O4/c31-25(28-33)19-10-11-22-23(14-19)34-24(16-29(22)15-18-6-2-1-3-7-18)26(32)30-17-27(12-13-27)20-8-4-5-9-21(20)30/h1-11,14,24,33H,12-13,15-17H2,(H,28,31). The molecule has 2 amide bonds. The predicted octanol–water partition coefficient (Wildman–Crippen LogP) is 3.65. The van der Waals surface area contributed by atoms with Gasteiger partial charge in [-0.2, -0.15) is 0 Å². The van der Waals surface area contributed by atoms with Crippen LogP contribution >= 0.6 is 0 Å². The van der Waals surface area contributed by atoms with Crippen molar-refractivity contribution in [2.24, 2.45) is 0 Å². The molecular weight excluding hydrogens is 430 g/mol. The van der Waals surface area contributed by atoms with Crippen molar-refractivity contribution < 1.29 is 19.5 Å². The molecule has 2 heterocycles. The van der Waals surface area contributed by atoms with E-state index in [9.17, 15) is 9.59 Å². The van der Waals surface area contributed by atoms with Crippen LogP contribution in [0.3, 0.4) is 0 Å². The lowest BCUT2D eigenvalue weighted by molar-refractivity contribution is -0.125. The van der Waals surface area contributed by atoms with Crippen LogP contribution in [0.25, 0.3) is 0 Å². The molecule has 2 aliphatic heterocycles. The predicted molar refractivity (Wildman–Crippen MR) is 127 cm³/mol. The number of ether oxygens (including phenoxy) is 1. The second-order valence-corrected chi connectivity index (χ2v) is 9.32. The summed E-state index contributed by atoms with van der Waals surface area (Å²) in [6, 6.07) is 23.2. The number of rotatable bonds is 4. The quantitative estimate of drug-likeness (QED) is 0.464. The van der Waals surface area contributed by atoms with Crippen molar-refractivity contribution in [2.45, 2.75) is 30.9 Å². The molecule has 1 spiro atoms. The van der Waals surface area contributed by atoms with E-state index in [4.69, 9.17) is 9.94 Å². The number of hydrogen-bond donors (Lipinski definition) is 2. The zero-order valence-electron chi connectivity index (χ0n) is 18.6. The lowest BCUT2D eigenvalue weighted by Gasteiger charge is -2.37. The molecule has 7 heteroatoms. The fourth-order valence-electron chi connectivity index (χ4n) is 5.23. The first-order valence-electron chi connectivity index (χ1n) is 11.5. The number of nitrogens with zero attached hydrogens (tertiary/aromatic N) is 2. The van der Waals surface area contributed by atoms with Crippen LogP contribution in [0.4, 0.5) is 11.4 Å². The van der Waals surface area contributed by atoms with Crippen LogP contribution in [0, 0.1) is 0 Å². The molecule has 2 N–H and O–H groups in total. The average molecular weight is 456 g/mol. The Bertz CT molecular complexity index is 1270. The zero-order chi connectivity index (χ0) is 23.3. The summed E-state index contributed by atoms with van der Waals surface area (Å²) in [5.41, 5.74) is 6.16. The van der Waals surface area contributed by atoms with Crippen molar-refractivity contribution >= 4 is 23.2 Å². The SMILES string of the molecule is O=C(NO)c1ccc2c(c1)OC(C(=O)N1CC3(CC3)c3ccccc31)CN2Cc1ccccc1. The lowest BCUT2D eigenvalue weighted by atomic mass is 9.99. The number of benzene rings is 3. The van der Waals surface area contributed by atoms with E-state index in [1.54, 1.807) is 23.7 Å². The molecule has 172 valence electrons. The molecule has 0 aromatic heterocycles. The fraction of sp³-hybridized carbons (Fsp3) is 0.259. The number of para-hydroxylation sites is 1. The smallest absolute Gasteiger partial charge is 0.274 e. The molecule has 1 aliphatic carbocycles. The summed E-state index contributed by atoms with van der Waals surface area (Å²) < 4.78 is 6.22. The van der Waals surface area contributed by atoms with E-state index < -0.39 is 12.0 Å². The summed E-state index contributed by atoms with van der Waals surface area (Å²) in [7, 11) is 0. The van der Waals surface area contributed by atoms with Crippen molar-refractivity contribution in [3.8, 4) is 5.75 Å². The first-order valence-corrected chi connectivity index (χ1v) is 11.5. The monoisotopic (exact) mass is 455 g/mol. The summed E-state index contributed by atoms with van der Waals surface area (Å²) >= 11 is 0. The van der Waals surface area contributed by atoms with E-state index >= 15 is 0 Å². The minimum Gasteiger partial charge on any atom is -0.476 e. The molecule has 3 aliphatic rings. The maximum atomic E-state index is 13.8. The van der Waals surface area contributed by atoms with Gasteiger partial charge in [0.2, 0.25) is 0 Å². The molecule has 3 aromatic carbocycles. The van der Waals surface area contributed by atoms with Gasteiger partial charge in [0.25, 0.3) is 11.8 Å². The third kappa shape index (κ3) is 3.40. The molecule has 34 heavy (non-hydrogen) atoms. The van der Waals surface area contributed by atoms with Gasteiger partial charge in [-0.25, -0.2) is 5.48 Å². The largest absolute Gasteiger partial charge is 0.476 e. The first kappa shape index (κ1) is 20.7. The van der Waals surface area contributed by atoms with Crippen molar-refractivity contribution in [1.82, 2.24) is 5.48 Å². The maximum absolute atomic E-state index is 13.8. The fourth-order valence-corrected chi connectivity index (χ4v) is 5.23. The molecule has 0 radical (unpaired) electrons. The topological polar surface area (TPSA) is 82.1 Å². The number of amides is 2. The highest BCUT2D eigenvalue weighted by molar-refractivity contribution is 6.01. The molecule has 0 saturated heterocycles. The first-order chi connectivity index (χ1) is 16.6. The molecule has 0 bridgehead atoms. The molecule has 1 unspecified atom stereocenters. The second kappa shape index (κ2) is 7.88. The van der Waals surface area contributed by atoms with Gasteiger partial charge < -0.3 is 14.5 Å². The minimum atomic E-state index is -0.717. The van der Waals surface area contributed by atoms with Gasteiger partial charge in [-0.15, -0.1) is 0 Å². The van der Waals surface area contributed by atoms with Gasteiger partial charge in [0.05, 0.1) is 12.2 Å². The maximum Gasteiger partial charge on any atom is 0.274 e. The summed E-state index contributed by atoms with van der Waals surface area (Å²) in [6.45, 7) is 1.69. The van der Waals surface area contributed by atoms with Gasteiger partial charge in [0.1, 0.15) is 5.75 Å². The Morgan fingerprint density at radius 3 is 2.53 bits per heavy atom. The lowest BCUT2D eigenvalue weighted by Crippen LogP contribution is -2.50. The van der Waals surface area contributed by atoms with Crippen molar-refractivity contribution in [3.63, 3.8) is 0 Å². The van der Waals surface area contributed by atoms with Crippen LogP contribution in [0.1, 0.15) is 34.3 Å². The van der Waals surface area contributed by atoms with Crippen molar-refractivity contribution in [2.75, 3.05) is 22.9 Å². The number of hydroxylamine groups is 1. The van der Waals surface area contributed by atoms with Crippen LogP contribution in [0.2, 0.25) is 0 Å². The second-order valence-electron chi connectivity index (χ2n) is 9.32. The number of anilines is 2. The Morgan fingerprint density at radius 1 is 1.00 bits per heavy atom. The molecule has 6 rings (SSSR count). The Morgan fingerprint density at radius 2 is 1.76 bits per heavy atom. The van der Waals surface area contributed by atoms with Crippen molar-refractivity contribution in [1.29, 1.82) is 0 Å². The number of carbonyl (C=O) groups is 2. The van der Waals surface area contributed by atoms with Gasteiger partial charge >= 0.3 is 0 Å². The van der Waals surface area contributed by atoms with Crippen LogP contribution in [-0.2, 0) is 16.8 Å². The highest BCUT2D eigenvalue weighted by Crippen LogP contribution is 2.56. The third-order valence-electron chi connectivity index (χ3n) is 7.16. The summed E-state index contributed by atoms with van der Waals surface area (Å²) in [5, 5.41) is 9.06. The minimum absolute atomic E-state index is 0.0723. The highest BCUT2D eigenvalue weighted by atomic mass is 16.5. The Kier molecular flexibility index (Phi) is 4.81. The Hall–Kier alpha value is -3.84. The highest BCUT2D eigenvalue weighted by Gasteiger charge is 2.53. The number of carbonyl (C=O) groups excluding carboxylic acids is 2. The summed E-state index contributed by atoms with van der Waals surface area (Å²) in [6.07, 6.45) is 1.48. The Balaban J connectivity index is 1.34. The molecule has 1 atom stereocenters. The van der Waals surface area contributed by atoms with Gasteiger partial charge in [0.15, 0.2) is 6.10 Å². The number of hydrogen-bond acceptors (Lipinski definition) is 5. The van der Waals surface area contributed by atoms with Crippen LogP contribution in [0.5, 0.6) is 5.75 Å². The van der Waals surface area contributed by atoms with E-state index in [-0.39, 0.29) is 16.9 Å². The van der Waals surface area contributed by atoms with Gasteiger partial charge in [-0.05, 0) is 48.2 Å². The van der Waals surface area contributed by atoms with E-state index in [2.05, 4.69) is 11.0 Å². The molecule has 7 nitrogen and oxygen atoms in total. The van der Waals surface area contributed by atoms with E-state index in [1.807, 2.05) is 53.4 Å². The summed E-state index contributed by atoms with van der Waals surface area (Å²) in [5.74, 6) is -0.245. The zero-order valence-corrected chi connectivity index (χ0v) is 18.6. The van der Waals surface area contributed by atoms with Gasteiger partial charge in [-0.3, -0.25) is 14.8 Å². The molecular formula is C27H25N3O4. The number of nitrogens with one attached hydrogen (secondary N) is 1. The molecule has 1 saturated carbocycles. The molecule has 3 aromatic rings. The normalized spacial score (nSPS) is 19.3. The van der Waals surface area contributed by atoms with Crippen molar-refractivity contribution in [3.05, 3.63) is 89.5 Å².